The van der Waals surface area contributed by atoms with E-state index in [2.05, 4.69) is 31.4 Å². The second-order valence-electron chi connectivity index (χ2n) is 11.2. The van der Waals surface area contributed by atoms with Gasteiger partial charge in [-0.05, 0) is 59.9 Å². The van der Waals surface area contributed by atoms with E-state index in [4.69, 9.17) is 19.7 Å². The Hall–Kier alpha value is -3.78. The number of alkyl carbamates (subject to hydrolysis) is 2. The maximum atomic E-state index is 13.2. The van der Waals surface area contributed by atoms with E-state index < -0.39 is 53.3 Å². The summed E-state index contributed by atoms with van der Waals surface area (Å²) in [6, 6.07) is -2.13. The number of rotatable bonds is 16. The van der Waals surface area contributed by atoms with Gasteiger partial charge in [0.2, 0.25) is 11.8 Å². The lowest BCUT2D eigenvalue weighted by Gasteiger charge is -2.26. The van der Waals surface area contributed by atoms with Crippen molar-refractivity contribution in [2.75, 3.05) is 33.3 Å². The van der Waals surface area contributed by atoms with Crippen molar-refractivity contribution in [2.24, 2.45) is 5.11 Å². The molecule has 0 spiro atoms. The van der Waals surface area contributed by atoms with E-state index in [0.717, 1.165) is 12.8 Å². The van der Waals surface area contributed by atoms with E-state index in [-0.39, 0.29) is 39.1 Å². The first-order valence-corrected chi connectivity index (χ1v) is 13.4. The van der Waals surface area contributed by atoms with Crippen molar-refractivity contribution in [1.82, 2.24) is 26.4 Å². The van der Waals surface area contributed by atoms with Gasteiger partial charge in [0, 0.05) is 31.0 Å². The van der Waals surface area contributed by atoms with Gasteiger partial charge in [-0.3, -0.25) is 19.8 Å². The zero-order chi connectivity index (χ0) is 31.6. The molecule has 0 aliphatic rings. The van der Waals surface area contributed by atoms with Crippen LogP contribution in [0.15, 0.2) is 5.11 Å². The van der Waals surface area contributed by atoms with Gasteiger partial charge in [0.1, 0.15) is 23.8 Å². The molecule has 0 aliphatic heterocycles. The van der Waals surface area contributed by atoms with E-state index in [1.54, 1.807) is 41.5 Å². The number of hydrogen-bond acceptors (Lipinski definition) is 10. The minimum absolute atomic E-state index is 0.0331. The molecular weight excluding hydrogens is 540 g/mol. The molecule has 16 nitrogen and oxygen atoms in total. The summed E-state index contributed by atoms with van der Waals surface area (Å²) in [6.07, 6.45) is -0.277. The summed E-state index contributed by atoms with van der Waals surface area (Å²) in [4.78, 5) is 64.9. The van der Waals surface area contributed by atoms with Crippen molar-refractivity contribution >= 4 is 30.0 Å². The molecule has 0 saturated carbocycles. The molecular formula is C25H46N8O8. The van der Waals surface area contributed by atoms with Gasteiger partial charge >= 0.3 is 18.2 Å². The number of carbonyl (C=O) groups excluding carboxylic acids is 5. The van der Waals surface area contributed by atoms with Gasteiger partial charge in [0.05, 0.1) is 13.2 Å². The molecule has 0 aromatic carbocycles. The maximum absolute atomic E-state index is 13.2. The average molecular weight is 587 g/mol. The summed E-state index contributed by atoms with van der Waals surface area (Å²) >= 11 is 0. The number of hydrogen-bond donors (Lipinski definition) is 4. The number of nitrogens with one attached hydrogen (secondary N) is 4. The van der Waals surface area contributed by atoms with Gasteiger partial charge in [-0.15, -0.1) is 0 Å². The van der Waals surface area contributed by atoms with Gasteiger partial charge in [-0.2, -0.15) is 0 Å². The molecule has 16 heteroatoms. The highest BCUT2D eigenvalue weighted by Crippen LogP contribution is 2.08. The number of amides is 4. The first kappa shape index (κ1) is 37.2. The number of nitrogens with zero attached hydrogens (tertiary/aromatic N) is 4. The Morgan fingerprint density at radius 2 is 1.59 bits per heavy atom. The number of azide groups is 1. The van der Waals surface area contributed by atoms with Crippen molar-refractivity contribution < 1.29 is 38.2 Å². The highest BCUT2D eigenvalue weighted by atomic mass is 16.6. The summed E-state index contributed by atoms with van der Waals surface area (Å²) in [5.74, 6) is -1.79. The summed E-state index contributed by atoms with van der Waals surface area (Å²) in [6.45, 7) is 11.6. The van der Waals surface area contributed by atoms with Crippen LogP contribution in [0, 0.1) is 0 Å². The predicted molar refractivity (Wildman–Crippen MR) is 149 cm³/mol. The van der Waals surface area contributed by atoms with Crippen LogP contribution in [0.5, 0.6) is 0 Å². The molecule has 0 radical (unpaired) electrons. The zero-order valence-corrected chi connectivity index (χ0v) is 25.4. The van der Waals surface area contributed by atoms with E-state index in [1.807, 2.05) is 6.92 Å². The lowest BCUT2D eigenvalue weighted by Crippen LogP contribution is -2.56. The van der Waals surface area contributed by atoms with Crippen LogP contribution in [0.3, 0.4) is 0 Å². The lowest BCUT2D eigenvalue weighted by molar-refractivity contribution is -0.146. The Kier molecular flexibility index (Phi) is 16.8. The average Bonchev–Trinajstić information content (AvgIpc) is 2.79. The Morgan fingerprint density at radius 3 is 2.15 bits per heavy atom. The van der Waals surface area contributed by atoms with Crippen LogP contribution in [-0.2, 0) is 28.6 Å². The minimum atomic E-state index is -1.30. The van der Waals surface area contributed by atoms with Crippen LogP contribution in [0.25, 0.3) is 10.4 Å². The molecule has 0 aromatic heterocycles. The number of ether oxygens (including phenoxy) is 3. The topological polar surface area (TPSA) is 213 Å². The van der Waals surface area contributed by atoms with Crippen LogP contribution in [0.1, 0.15) is 74.1 Å². The Bertz CT molecular complexity index is 926. The largest absolute Gasteiger partial charge is 0.465 e. The molecule has 0 bridgehead atoms. The Labute approximate surface area is 241 Å². The number of carbonyl (C=O) groups is 5. The molecule has 0 saturated heterocycles. The SMILES string of the molecule is CCCCOC(=O)CN(C)NC(=O)C[C@H](CCN=[N+]=[N-])NC(=O)[C@H](CNC(=O)OC(C)(C)C)NC(=O)OC(C)(C)C. The molecule has 0 rings (SSSR count). The Balaban J connectivity index is 5.45. The summed E-state index contributed by atoms with van der Waals surface area (Å²) in [5, 5.41) is 12.2. The Morgan fingerprint density at radius 1 is 0.976 bits per heavy atom. The zero-order valence-electron chi connectivity index (χ0n) is 25.4. The molecule has 0 heterocycles. The van der Waals surface area contributed by atoms with Crippen molar-refractivity contribution in [3.63, 3.8) is 0 Å². The molecule has 0 fully saturated rings. The van der Waals surface area contributed by atoms with Crippen LogP contribution < -0.4 is 21.4 Å². The molecule has 0 aliphatic carbocycles. The van der Waals surface area contributed by atoms with Crippen LogP contribution in [0.2, 0.25) is 0 Å². The van der Waals surface area contributed by atoms with Crippen LogP contribution in [-0.4, -0.2) is 91.6 Å². The number of likely N-dealkylation sites (N-methyl/N-ethyl adjacent to an activating group) is 1. The first-order chi connectivity index (χ1) is 19.0. The fourth-order valence-electron chi connectivity index (χ4n) is 3.04. The molecule has 4 N–H and O–H groups in total. The predicted octanol–water partition coefficient (Wildman–Crippen LogP) is 2.29. The monoisotopic (exact) mass is 586 g/mol. The van der Waals surface area contributed by atoms with Gasteiger partial charge in [-0.1, -0.05) is 18.5 Å². The summed E-state index contributed by atoms with van der Waals surface area (Å²) in [5.41, 5.74) is 9.51. The van der Waals surface area contributed by atoms with Crippen molar-refractivity contribution in [2.45, 2.75) is 97.4 Å². The summed E-state index contributed by atoms with van der Waals surface area (Å²) < 4.78 is 15.5. The third-order valence-corrected chi connectivity index (χ3v) is 4.72. The van der Waals surface area contributed by atoms with Crippen LogP contribution >= 0.6 is 0 Å². The maximum Gasteiger partial charge on any atom is 0.408 e. The minimum Gasteiger partial charge on any atom is -0.465 e. The van der Waals surface area contributed by atoms with Crippen LogP contribution in [0.4, 0.5) is 9.59 Å². The first-order valence-electron chi connectivity index (χ1n) is 13.4. The molecule has 0 aromatic rings. The fraction of sp³-hybridized carbons (Fsp3) is 0.800. The van der Waals surface area contributed by atoms with E-state index >= 15 is 0 Å². The normalized spacial score (nSPS) is 12.7. The number of unbranched alkanes of at least 4 members (excludes halogenated alkanes) is 1. The third-order valence-electron chi connectivity index (χ3n) is 4.72. The second-order valence-corrected chi connectivity index (χ2v) is 11.2. The number of esters is 1. The fourth-order valence-corrected chi connectivity index (χ4v) is 3.04. The lowest BCUT2D eigenvalue weighted by atomic mass is 10.1. The third kappa shape index (κ3) is 20.7. The van der Waals surface area contributed by atoms with Gasteiger partial charge in [-0.25, -0.2) is 14.6 Å². The quantitative estimate of drug-likeness (QED) is 0.0396. The van der Waals surface area contributed by atoms with Gasteiger partial charge < -0.3 is 30.2 Å². The number of hydrazine groups is 1. The van der Waals surface area contributed by atoms with E-state index in [0.29, 0.717) is 0 Å². The van der Waals surface area contributed by atoms with Crippen molar-refractivity contribution in [3.8, 4) is 0 Å². The highest BCUT2D eigenvalue weighted by molar-refractivity contribution is 5.87. The molecule has 0 unspecified atom stereocenters. The van der Waals surface area contributed by atoms with E-state index in [9.17, 15) is 24.0 Å². The summed E-state index contributed by atoms with van der Waals surface area (Å²) in [7, 11) is 1.48. The van der Waals surface area contributed by atoms with Crippen molar-refractivity contribution in [1.29, 1.82) is 0 Å². The molecule has 2 atom stereocenters. The van der Waals surface area contributed by atoms with E-state index in [1.165, 1.54) is 12.1 Å². The second kappa shape index (κ2) is 18.5. The smallest absolute Gasteiger partial charge is 0.408 e. The standard InChI is InChI=1S/C25H46N8O8/c1-9-10-13-39-20(35)16-33(8)31-19(34)14-17(11-12-28-32-26)29-21(36)18(30-23(38)41-25(5,6)7)15-27-22(37)40-24(2,3)4/h17-18H,9-16H2,1-8H3,(H,27,37)(H,29,36)(H,30,38)(H,31,34)/t17-,18-/m0/s1. The van der Waals surface area contributed by atoms with Crippen molar-refractivity contribution in [3.05, 3.63) is 10.4 Å². The highest BCUT2D eigenvalue weighted by Gasteiger charge is 2.28. The van der Waals surface area contributed by atoms with Gasteiger partial charge in [0.25, 0.3) is 0 Å². The molecule has 41 heavy (non-hydrogen) atoms. The molecule has 4 amide bonds. The molecule has 234 valence electrons. The van der Waals surface area contributed by atoms with Gasteiger partial charge in [0.15, 0.2) is 0 Å².